The first-order chi connectivity index (χ1) is 14.7. The Hall–Kier alpha value is -3.04. The number of ether oxygens (including phenoxy) is 1. The minimum Gasteiger partial charge on any atom is -0.384 e. The van der Waals surface area contributed by atoms with Crippen molar-refractivity contribution in [1.29, 1.82) is 0 Å². The maximum atomic E-state index is 5.80. The highest BCUT2D eigenvalue weighted by Gasteiger charge is 2.38. The monoisotopic (exact) mass is 396 g/mol. The van der Waals surface area contributed by atoms with Crippen molar-refractivity contribution < 1.29 is 4.74 Å². The topological polar surface area (TPSA) is 40.8 Å². The van der Waals surface area contributed by atoms with Gasteiger partial charge in [-0.1, -0.05) is 35.9 Å². The second-order valence-electron chi connectivity index (χ2n) is 8.64. The molecule has 4 aromatic rings. The average Bonchev–Trinajstić information content (AvgIpc) is 3.42. The van der Waals surface area contributed by atoms with Crippen LogP contribution in [-0.4, -0.2) is 23.7 Å². The van der Waals surface area contributed by atoms with Gasteiger partial charge in [0.25, 0.3) is 0 Å². The van der Waals surface area contributed by atoms with Crippen molar-refractivity contribution in [2.75, 3.05) is 13.7 Å². The fourth-order valence-electron chi connectivity index (χ4n) is 4.92. The first kappa shape index (κ1) is 19.0. The van der Waals surface area contributed by atoms with Crippen molar-refractivity contribution >= 4 is 27.9 Å². The molecule has 0 aliphatic heterocycles. The molecule has 0 fully saturated rings. The van der Waals surface area contributed by atoms with Crippen molar-refractivity contribution in [1.82, 2.24) is 9.97 Å². The number of aromatic amines is 2. The molecule has 2 unspecified atom stereocenters. The highest BCUT2D eigenvalue weighted by atomic mass is 16.5. The third kappa shape index (κ3) is 3.40. The van der Waals surface area contributed by atoms with E-state index in [1.54, 1.807) is 0 Å². The van der Waals surface area contributed by atoms with Crippen LogP contribution in [-0.2, 0) is 4.74 Å². The van der Waals surface area contributed by atoms with Gasteiger partial charge in [-0.3, -0.25) is 0 Å². The zero-order valence-electron chi connectivity index (χ0n) is 17.6. The van der Waals surface area contributed by atoms with Gasteiger partial charge in [-0.15, -0.1) is 0 Å². The number of fused-ring (bicyclic) bond motifs is 2. The Morgan fingerprint density at radius 1 is 1.00 bits per heavy atom. The minimum absolute atomic E-state index is 0.0641. The lowest BCUT2D eigenvalue weighted by molar-refractivity contribution is 0.0920. The van der Waals surface area contributed by atoms with Crippen LogP contribution in [0.15, 0.2) is 78.6 Å². The normalized spacial score (nSPS) is 22.2. The predicted octanol–water partition coefficient (Wildman–Crippen LogP) is 6.82. The van der Waals surface area contributed by atoms with E-state index in [9.17, 15) is 0 Å². The molecule has 0 saturated carbocycles. The van der Waals surface area contributed by atoms with Crippen molar-refractivity contribution in [2.24, 2.45) is 5.41 Å². The van der Waals surface area contributed by atoms with E-state index in [0.29, 0.717) is 6.61 Å². The van der Waals surface area contributed by atoms with Crippen LogP contribution < -0.4 is 0 Å². The van der Waals surface area contributed by atoms with Crippen molar-refractivity contribution in [3.05, 3.63) is 89.8 Å². The van der Waals surface area contributed by atoms with Gasteiger partial charge in [0.05, 0.1) is 6.61 Å². The van der Waals surface area contributed by atoms with Gasteiger partial charge in [-0.25, -0.2) is 0 Å². The third-order valence-electron chi connectivity index (χ3n) is 6.59. The first-order valence-corrected chi connectivity index (χ1v) is 10.7. The summed E-state index contributed by atoms with van der Waals surface area (Å²) in [6, 6.07) is 17.6. The molecule has 3 heteroatoms. The van der Waals surface area contributed by atoms with Crippen LogP contribution in [0.1, 0.15) is 36.8 Å². The summed E-state index contributed by atoms with van der Waals surface area (Å²) in [4.78, 5) is 6.58. The van der Waals surface area contributed by atoms with Crippen molar-refractivity contribution in [3.8, 4) is 0 Å². The Balaban J connectivity index is 1.57. The quantitative estimate of drug-likeness (QED) is 0.357. The van der Waals surface area contributed by atoms with E-state index in [2.05, 4.69) is 83.7 Å². The van der Waals surface area contributed by atoms with E-state index in [-0.39, 0.29) is 11.3 Å². The molecule has 0 amide bonds. The van der Waals surface area contributed by atoms with E-state index < -0.39 is 0 Å². The number of aromatic nitrogens is 2. The van der Waals surface area contributed by atoms with Gasteiger partial charge in [0.15, 0.2) is 0 Å². The molecule has 3 nitrogen and oxygen atoms in total. The Bertz CT molecular complexity index is 1240. The summed E-state index contributed by atoms with van der Waals surface area (Å²) < 4.78 is 5.80. The van der Waals surface area contributed by atoms with E-state index in [1.165, 1.54) is 38.5 Å². The molecule has 2 N–H and O–H groups in total. The second kappa shape index (κ2) is 7.66. The molecule has 2 aromatic carbocycles. The second-order valence-corrected chi connectivity index (χ2v) is 8.64. The number of rotatable bonds is 5. The summed E-state index contributed by atoms with van der Waals surface area (Å²) in [6.07, 6.45) is 13.3. The molecule has 152 valence electrons. The lowest BCUT2D eigenvalue weighted by Gasteiger charge is -2.41. The highest BCUT2D eigenvalue weighted by Crippen LogP contribution is 2.48. The predicted molar refractivity (Wildman–Crippen MR) is 126 cm³/mol. The molecule has 1 aliphatic rings. The molecule has 30 heavy (non-hydrogen) atoms. The Kier molecular flexibility index (Phi) is 4.84. The zero-order chi connectivity index (χ0) is 20.6. The van der Waals surface area contributed by atoms with Crippen LogP contribution in [0, 0.1) is 5.41 Å². The van der Waals surface area contributed by atoms with Crippen LogP contribution in [0.2, 0.25) is 0 Å². The fraction of sp³-hybridized carbons (Fsp3) is 0.259. The highest BCUT2D eigenvalue weighted by molar-refractivity contribution is 5.82. The van der Waals surface area contributed by atoms with E-state index >= 15 is 0 Å². The third-order valence-corrected chi connectivity index (χ3v) is 6.59. The number of hydrogen-bond donors (Lipinski definition) is 2. The zero-order valence-corrected chi connectivity index (χ0v) is 17.6. The van der Waals surface area contributed by atoms with E-state index in [0.717, 1.165) is 12.8 Å². The molecule has 0 saturated heterocycles. The van der Waals surface area contributed by atoms with Gasteiger partial charge in [-0.05, 0) is 78.1 Å². The number of hydrogen-bond acceptors (Lipinski definition) is 1. The smallest absolute Gasteiger partial charge is 0.0562 e. The molecule has 0 spiro atoms. The van der Waals surface area contributed by atoms with Gasteiger partial charge in [-0.2, -0.15) is 0 Å². The summed E-state index contributed by atoms with van der Waals surface area (Å²) >= 11 is 0. The molecule has 5 rings (SSSR count). The van der Waals surface area contributed by atoms with Crippen molar-refractivity contribution in [2.45, 2.75) is 25.7 Å². The van der Waals surface area contributed by atoms with Gasteiger partial charge in [0.1, 0.15) is 0 Å². The molecule has 2 aromatic heterocycles. The number of nitrogens with one attached hydrogen (secondary N) is 2. The summed E-state index contributed by atoms with van der Waals surface area (Å²) in [5, 5.41) is 2.50. The van der Waals surface area contributed by atoms with Crippen LogP contribution in [0.5, 0.6) is 0 Å². The van der Waals surface area contributed by atoms with Gasteiger partial charge in [0, 0.05) is 41.9 Å². The molecular weight excluding hydrogens is 368 g/mol. The van der Waals surface area contributed by atoms with E-state index in [4.69, 9.17) is 4.74 Å². The Morgan fingerprint density at radius 2 is 1.73 bits per heavy atom. The standard InChI is InChI=1S/C27H28N2O/c1-19-7-11-27(18-30-2,12-8-20-3-5-25-22(16-20)9-13-28-25)24(15-19)21-4-6-26-23(17-21)10-14-29-26/h3-6,8-10,12-17,24,28-29H,7,11,18H2,1-2H3. The first-order valence-electron chi connectivity index (χ1n) is 10.7. The molecule has 2 heterocycles. The van der Waals surface area contributed by atoms with Crippen LogP contribution in [0.3, 0.4) is 0 Å². The molecule has 1 aliphatic carbocycles. The fourth-order valence-corrected chi connectivity index (χ4v) is 4.92. The van der Waals surface area contributed by atoms with E-state index in [1.807, 2.05) is 19.5 Å². The van der Waals surface area contributed by atoms with Crippen LogP contribution in [0.4, 0.5) is 0 Å². The average molecular weight is 397 g/mol. The van der Waals surface area contributed by atoms with Gasteiger partial charge < -0.3 is 14.7 Å². The summed E-state index contributed by atoms with van der Waals surface area (Å²) in [7, 11) is 1.82. The summed E-state index contributed by atoms with van der Waals surface area (Å²) in [6.45, 7) is 2.96. The maximum Gasteiger partial charge on any atom is 0.0562 e. The van der Waals surface area contributed by atoms with Crippen molar-refractivity contribution in [3.63, 3.8) is 0 Å². The molecule has 0 radical (unpaired) electrons. The lowest BCUT2D eigenvalue weighted by Crippen LogP contribution is -2.33. The van der Waals surface area contributed by atoms with Crippen LogP contribution >= 0.6 is 0 Å². The van der Waals surface area contributed by atoms with Gasteiger partial charge >= 0.3 is 0 Å². The molecular formula is C27H28N2O. The summed E-state index contributed by atoms with van der Waals surface area (Å²) in [5.41, 5.74) is 6.33. The number of allylic oxidation sites excluding steroid dienone is 2. The van der Waals surface area contributed by atoms with Crippen LogP contribution in [0.25, 0.3) is 27.9 Å². The number of H-pyrrole nitrogens is 2. The molecule has 0 bridgehead atoms. The Labute approximate surface area is 177 Å². The van der Waals surface area contributed by atoms with Gasteiger partial charge in [0.2, 0.25) is 0 Å². The minimum atomic E-state index is -0.0641. The number of methoxy groups -OCH3 is 1. The molecule has 2 atom stereocenters. The largest absolute Gasteiger partial charge is 0.384 e. The lowest BCUT2D eigenvalue weighted by atomic mass is 9.65. The summed E-state index contributed by atoms with van der Waals surface area (Å²) in [5.74, 6) is 0.290. The SMILES string of the molecule is COCC1(C=Cc2ccc3[nH]ccc3c2)CCC(C)=CC1c1ccc2[nH]ccc2c1. The maximum absolute atomic E-state index is 5.80. The number of benzene rings is 2. The Morgan fingerprint density at radius 3 is 2.50 bits per heavy atom.